The predicted molar refractivity (Wildman–Crippen MR) is 108 cm³/mol. The lowest BCUT2D eigenvalue weighted by Gasteiger charge is -2.10. The molecule has 7 nitrogen and oxygen atoms in total. The first-order chi connectivity index (χ1) is 13.5. The van der Waals surface area contributed by atoms with Gasteiger partial charge in [0.05, 0.1) is 19.5 Å². The van der Waals surface area contributed by atoms with E-state index in [-0.39, 0.29) is 5.91 Å². The average Bonchev–Trinajstić information content (AvgIpc) is 3.16. The number of anilines is 1. The summed E-state index contributed by atoms with van der Waals surface area (Å²) >= 11 is 1.20. The van der Waals surface area contributed by atoms with Gasteiger partial charge in [-0.2, -0.15) is 0 Å². The summed E-state index contributed by atoms with van der Waals surface area (Å²) in [4.78, 5) is 12.4. The molecule has 3 rings (SSSR count). The van der Waals surface area contributed by atoms with Crippen LogP contribution in [0.15, 0.2) is 52.1 Å². The molecular formula is C20H21N3O4S. The summed E-state index contributed by atoms with van der Waals surface area (Å²) in [6.45, 7) is 3.76. The minimum Gasteiger partial charge on any atom is -0.497 e. The molecule has 0 saturated carbocycles. The maximum atomic E-state index is 12.4. The third-order valence-electron chi connectivity index (χ3n) is 3.94. The highest BCUT2D eigenvalue weighted by atomic mass is 32.2. The lowest BCUT2D eigenvalue weighted by atomic mass is 10.2. The van der Waals surface area contributed by atoms with Crippen molar-refractivity contribution in [1.82, 2.24) is 10.2 Å². The zero-order chi connectivity index (χ0) is 20.1. The highest BCUT2D eigenvalue weighted by molar-refractivity contribution is 8.00. The van der Waals surface area contributed by atoms with Gasteiger partial charge < -0.3 is 19.2 Å². The molecule has 0 fully saturated rings. The molecule has 0 radical (unpaired) electrons. The van der Waals surface area contributed by atoms with E-state index >= 15 is 0 Å². The molecule has 0 aliphatic heterocycles. The number of methoxy groups -OCH3 is 2. The van der Waals surface area contributed by atoms with E-state index in [1.165, 1.54) is 11.8 Å². The Kier molecular flexibility index (Phi) is 6.20. The Morgan fingerprint density at radius 3 is 2.46 bits per heavy atom. The number of nitrogens with zero attached hydrogens (tertiary/aromatic N) is 2. The molecule has 2 aromatic carbocycles. The third-order valence-corrected chi connectivity index (χ3v) is 4.87. The molecule has 1 N–H and O–H groups in total. The quantitative estimate of drug-likeness (QED) is 0.596. The second-order valence-corrected chi connectivity index (χ2v) is 7.39. The topological polar surface area (TPSA) is 86.5 Å². The molecule has 1 atom stereocenters. The summed E-state index contributed by atoms with van der Waals surface area (Å²) in [5, 5.41) is 10.9. The number of carbonyl (C=O) groups is 1. The van der Waals surface area contributed by atoms with Crippen LogP contribution in [-0.2, 0) is 4.79 Å². The van der Waals surface area contributed by atoms with Crippen LogP contribution in [0.2, 0.25) is 0 Å². The van der Waals surface area contributed by atoms with E-state index < -0.39 is 5.25 Å². The maximum absolute atomic E-state index is 12.4. The van der Waals surface area contributed by atoms with Gasteiger partial charge in [-0.05, 0) is 43.7 Å². The fraction of sp³-hybridized carbons (Fsp3) is 0.250. The molecule has 146 valence electrons. The van der Waals surface area contributed by atoms with Crippen LogP contribution >= 0.6 is 11.8 Å². The molecule has 1 amide bonds. The van der Waals surface area contributed by atoms with Crippen molar-refractivity contribution in [1.29, 1.82) is 0 Å². The Hall–Kier alpha value is -3.00. The Morgan fingerprint density at radius 1 is 1.11 bits per heavy atom. The van der Waals surface area contributed by atoms with E-state index in [2.05, 4.69) is 15.5 Å². The predicted octanol–water partition coefficient (Wildman–Crippen LogP) is 4.18. The molecular weight excluding hydrogens is 378 g/mol. The number of thioether (sulfide) groups is 1. The number of aryl methyl sites for hydroxylation is 1. The van der Waals surface area contributed by atoms with Crippen LogP contribution in [0.3, 0.4) is 0 Å². The fourth-order valence-corrected chi connectivity index (χ4v) is 3.16. The van der Waals surface area contributed by atoms with Crippen molar-refractivity contribution in [2.45, 2.75) is 24.3 Å². The molecule has 28 heavy (non-hydrogen) atoms. The standard InChI is InChI=1S/C20H21N3O4S/c1-12-6-5-7-15(8-12)21-18(24)13(2)28-20-23-22-19(27-20)14-9-16(25-3)11-17(10-14)26-4/h5-11,13H,1-4H3,(H,21,24)/t13-/m1/s1. The largest absolute Gasteiger partial charge is 0.497 e. The lowest BCUT2D eigenvalue weighted by Crippen LogP contribution is -2.22. The van der Waals surface area contributed by atoms with Crippen LogP contribution in [0.5, 0.6) is 11.5 Å². The van der Waals surface area contributed by atoms with Crippen LogP contribution in [0.4, 0.5) is 5.69 Å². The van der Waals surface area contributed by atoms with Gasteiger partial charge in [0.25, 0.3) is 5.22 Å². The number of carbonyl (C=O) groups excluding carboxylic acids is 1. The number of ether oxygens (including phenoxy) is 2. The van der Waals surface area contributed by atoms with Gasteiger partial charge in [0, 0.05) is 17.3 Å². The van der Waals surface area contributed by atoms with Crippen molar-refractivity contribution in [3.63, 3.8) is 0 Å². The van der Waals surface area contributed by atoms with Gasteiger partial charge in [0.15, 0.2) is 0 Å². The molecule has 8 heteroatoms. The zero-order valence-electron chi connectivity index (χ0n) is 16.1. The summed E-state index contributed by atoms with van der Waals surface area (Å²) in [7, 11) is 3.14. The zero-order valence-corrected chi connectivity index (χ0v) is 16.9. The average molecular weight is 399 g/mol. The van der Waals surface area contributed by atoms with Crippen molar-refractivity contribution in [2.24, 2.45) is 0 Å². The molecule has 3 aromatic rings. The molecule has 1 heterocycles. The molecule has 0 saturated heterocycles. The van der Waals surface area contributed by atoms with Gasteiger partial charge in [-0.3, -0.25) is 4.79 Å². The Labute approximate surface area is 167 Å². The van der Waals surface area contributed by atoms with Crippen molar-refractivity contribution in [3.8, 4) is 23.0 Å². The van der Waals surface area contributed by atoms with Crippen molar-refractivity contribution >= 4 is 23.4 Å². The molecule has 0 aliphatic carbocycles. The summed E-state index contributed by atoms with van der Waals surface area (Å²) in [5.74, 6) is 1.42. The van der Waals surface area contributed by atoms with Crippen LogP contribution in [0.25, 0.3) is 11.5 Å². The van der Waals surface area contributed by atoms with E-state index in [1.807, 2.05) is 31.2 Å². The highest BCUT2D eigenvalue weighted by Gasteiger charge is 2.19. The highest BCUT2D eigenvalue weighted by Crippen LogP contribution is 2.31. The van der Waals surface area contributed by atoms with Gasteiger partial charge in [-0.1, -0.05) is 23.9 Å². The van der Waals surface area contributed by atoms with Crippen molar-refractivity contribution in [2.75, 3.05) is 19.5 Å². The first-order valence-electron chi connectivity index (χ1n) is 8.59. The Morgan fingerprint density at radius 2 is 1.82 bits per heavy atom. The number of aromatic nitrogens is 2. The maximum Gasteiger partial charge on any atom is 0.277 e. The van der Waals surface area contributed by atoms with Gasteiger partial charge >= 0.3 is 0 Å². The summed E-state index contributed by atoms with van der Waals surface area (Å²) in [5.41, 5.74) is 2.51. The summed E-state index contributed by atoms with van der Waals surface area (Å²) in [6.07, 6.45) is 0. The monoisotopic (exact) mass is 399 g/mol. The number of hydrogen-bond donors (Lipinski definition) is 1. The Bertz CT molecular complexity index is 951. The van der Waals surface area contributed by atoms with Crippen LogP contribution in [-0.4, -0.2) is 35.6 Å². The SMILES string of the molecule is COc1cc(OC)cc(-c2nnc(S[C@H](C)C(=O)Nc3cccc(C)c3)o2)c1. The third kappa shape index (κ3) is 4.83. The van der Waals surface area contributed by atoms with Gasteiger partial charge in [-0.15, -0.1) is 10.2 Å². The molecule has 0 spiro atoms. The smallest absolute Gasteiger partial charge is 0.277 e. The van der Waals surface area contributed by atoms with Crippen LogP contribution < -0.4 is 14.8 Å². The number of rotatable bonds is 7. The fourth-order valence-electron chi connectivity index (χ4n) is 2.48. The van der Waals surface area contributed by atoms with Crippen molar-refractivity contribution < 1.29 is 18.7 Å². The number of amides is 1. The van der Waals surface area contributed by atoms with Crippen LogP contribution in [0.1, 0.15) is 12.5 Å². The number of nitrogens with one attached hydrogen (secondary N) is 1. The normalized spacial score (nSPS) is 11.7. The minimum absolute atomic E-state index is 0.140. The van der Waals surface area contributed by atoms with Crippen molar-refractivity contribution in [3.05, 3.63) is 48.0 Å². The van der Waals surface area contributed by atoms with E-state index in [0.717, 1.165) is 11.3 Å². The van der Waals surface area contributed by atoms with E-state index in [4.69, 9.17) is 13.9 Å². The Balaban J connectivity index is 1.69. The minimum atomic E-state index is -0.409. The molecule has 0 aliphatic rings. The van der Waals surface area contributed by atoms with E-state index in [9.17, 15) is 4.79 Å². The first-order valence-corrected chi connectivity index (χ1v) is 9.47. The van der Waals surface area contributed by atoms with Gasteiger partial charge in [0.1, 0.15) is 11.5 Å². The summed E-state index contributed by atoms with van der Waals surface area (Å²) < 4.78 is 16.2. The van der Waals surface area contributed by atoms with E-state index in [0.29, 0.717) is 28.2 Å². The number of hydrogen-bond acceptors (Lipinski definition) is 7. The molecule has 1 aromatic heterocycles. The second-order valence-electron chi connectivity index (χ2n) is 6.09. The number of benzene rings is 2. The second kappa shape index (κ2) is 8.79. The van der Waals surface area contributed by atoms with Crippen LogP contribution in [0, 0.1) is 6.92 Å². The van der Waals surface area contributed by atoms with Gasteiger partial charge in [0.2, 0.25) is 11.8 Å². The molecule has 0 unspecified atom stereocenters. The first kappa shape index (κ1) is 19.8. The van der Waals surface area contributed by atoms with E-state index in [1.54, 1.807) is 39.3 Å². The lowest BCUT2D eigenvalue weighted by molar-refractivity contribution is -0.115. The molecule has 0 bridgehead atoms. The van der Waals surface area contributed by atoms with Gasteiger partial charge in [-0.25, -0.2) is 0 Å². The summed E-state index contributed by atoms with van der Waals surface area (Å²) in [6, 6.07) is 12.9.